The molecule has 0 aliphatic rings. The number of rotatable bonds is 6. The van der Waals surface area contributed by atoms with E-state index in [4.69, 9.17) is 10.8 Å². The van der Waals surface area contributed by atoms with Crippen LogP contribution in [0, 0.1) is 17.7 Å². The van der Waals surface area contributed by atoms with Crippen molar-refractivity contribution in [2.45, 2.75) is 19.3 Å². The first-order valence-corrected chi connectivity index (χ1v) is 6.50. The van der Waals surface area contributed by atoms with E-state index >= 15 is 0 Å². The standard InChI is InChI=1S/C15H17FN2O3/c16-12-6-7-13(11(10-12)4-1-2-9-19)15(21)18-8-3-5-14(17)20/h6-7,10,19H,2-3,5,8-9H2,(H2,17,20)(H,18,21). The molecule has 0 heterocycles. The molecule has 0 atom stereocenters. The Balaban J connectivity index is 2.74. The van der Waals surface area contributed by atoms with Gasteiger partial charge in [0.1, 0.15) is 5.82 Å². The number of aliphatic hydroxyl groups excluding tert-OH is 1. The van der Waals surface area contributed by atoms with E-state index in [9.17, 15) is 14.0 Å². The maximum atomic E-state index is 13.2. The summed E-state index contributed by atoms with van der Waals surface area (Å²) in [5, 5.41) is 11.3. The third-order valence-electron chi connectivity index (χ3n) is 2.57. The summed E-state index contributed by atoms with van der Waals surface area (Å²) >= 11 is 0. The zero-order chi connectivity index (χ0) is 15.7. The average molecular weight is 292 g/mol. The van der Waals surface area contributed by atoms with Crippen molar-refractivity contribution >= 4 is 11.8 Å². The van der Waals surface area contributed by atoms with Gasteiger partial charge in [0.25, 0.3) is 5.91 Å². The first-order valence-electron chi connectivity index (χ1n) is 6.50. The van der Waals surface area contributed by atoms with Crippen LogP contribution in [0.1, 0.15) is 35.2 Å². The Bertz CT molecular complexity index is 576. The molecular weight excluding hydrogens is 275 g/mol. The van der Waals surface area contributed by atoms with Gasteiger partial charge >= 0.3 is 0 Å². The molecule has 1 aromatic rings. The molecule has 0 radical (unpaired) electrons. The summed E-state index contributed by atoms with van der Waals surface area (Å²) in [4.78, 5) is 22.6. The van der Waals surface area contributed by atoms with Gasteiger partial charge in [0.15, 0.2) is 0 Å². The summed E-state index contributed by atoms with van der Waals surface area (Å²) in [6, 6.07) is 3.69. The normalized spacial score (nSPS) is 9.62. The zero-order valence-corrected chi connectivity index (χ0v) is 11.5. The van der Waals surface area contributed by atoms with Gasteiger partial charge in [0, 0.05) is 24.9 Å². The molecule has 0 fully saturated rings. The van der Waals surface area contributed by atoms with E-state index in [2.05, 4.69) is 17.2 Å². The highest BCUT2D eigenvalue weighted by atomic mass is 19.1. The van der Waals surface area contributed by atoms with Crippen LogP contribution in [0.4, 0.5) is 4.39 Å². The second kappa shape index (κ2) is 8.72. The van der Waals surface area contributed by atoms with Gasteiger partial charge in [-0.05, 0) is 24.6 Å². The van der Waals surface area contributed by atoms with Gasteiger partial charge < -0.3 is 16.2 Å². The molecule has 0 saturated carbocycles. The minimum Gasteiger partial charge on any atom is -0.395 e. The van der Waals surface area contributed by atoms with Crippen molar-refractivity contribution < 1.29 is 19.1 Å². The third kappa shape index (κ3) is 6.06. The van der Waals surface area contributed by atoms with Gasteiger partial charge in [-0.3, -0.25) is 9.59 Å². The first-order chi connectivity index (χ1) is 10.0. The first kappa shape index (κ1) is 16.7. The summed E-state index contributed by atoms with van der Waals surface area (Å²) in [5.74, 6) is 3.99. The van der Waals surface area contributed by atoms with E-state index in [-0.39, 0.29) is 30.6 Å². The maximum absolute atomic E-state index is 13.2. The molecule has 112 valence electrons. The summed E-state index contributed by atoms with van der Waals surface area (Å²) < 4.78 is 13.2. The minimum absolute atomic E-state index is 0.100. The summed E-state index contributed by atoms with van der Waals surface area (Å²) in [7, 11) is 0. The smallest absolute Gasteiger partial charge is 0.252 e. The van der Waals surface area contributed by atoms with Crippen molar-refractivity contribution in [2.75, 3.05) is 13.2 Å². The molecule has 0 aliphatic carbocycles. The molecule has 1 rings (SSSR count). The molecule has 1 aromatic carbocycles. The molecule has 4 N–H and O–H groups in total. The lowest BCUT2D eigenvalue weighted by Crippen LogP contribution is -2.26. The fourth-order valence-corrected chi connectivity index (χ4v) is 1.59. The Labute approximate surface area is 122 Å². The number of halogens is 1. The van der Waals surface area contributed by atoms with Gasteiger partial charge in [-0.1, -0.05) is 11.8 Å². The minimum atomic E-state index is -0.492. The fourth-order valence-electron chi connectivity index (χ4n) is 1.59. The van der Waals surface area contributed by atoms with Crippen LogP contribution >= 0.6 is 0 Å². The van der Waals surface area contributed by atoms with Crippen molar-refractivity contribution in [1.82, 2.24) is 5.32 Å². The lowest BCUT2D eigenvalue weighted by atomic mass is 10.1. The quantitative estimate of drug-likeness (QED) is 0.528. The van der Waals surface area contributed by atoms with Crippen LogP contribution in [-0.4, -0.2) is 30.1 Å². The van der Waals surface area contributed by atoms with Gasteiger partial charge in [-0.2, -0.15) is 0 Å². The predicted octanol–water partition coefficient (Wildman–Crippen LogP) is 0.555. The molecule has 0 unspecified atom stereocenters. The van der Waals surface area contributed by atoms with E-state index in [0.717, 1.165) is 0 Å². The van der Waals surface area contributed by atoms with Gasteiger partial charge in [0.05, 0.1) is 12.2 Å². The van der Waals surface area contributed by atoms with Crippen molar-refractivity contribution in [1.29, 1.82) is 0 Å². The van der Waals surface area contributed by atoms with Crippen LogP contribution in [0.25, 0.3) is 0 Å². The average Bonchev–Trinajstić information content (AvgIpc) is 2.43. The third-order valence-corrected chi connectivity index (χ3v) is 2.57. The van der Waals surface area contributed by atoms with Crippen LogP contribution in [0.2, 0.25) is 0 Å². The van der Waals surface area contributed by atoms with E-state index in [1.54, 1.807) is 0 Å². The topological polar surface area (TPSA) is 92.4 Å². The number of aliphatic hydroxyl groups is 1. The van der Waals surface area contributed by atoms with E-state index in [1.807, 2.05) is 0 Å². The molecule has 0 saturated heterocycles. The number of carbonyl (C=O) groups is 2. The highest BCUT2D eigenvalue weighted by Gasteiger charge is 2.10. The number of nitrogens with two attached hydrogens (primary N) is 1. The van der Waals surface area contributed by atoms with Gasteiger partial charge in [-0.15, -0.1) is 0 Å². The van der Waals surface area contributed by atoms with Crippen LogP contribution in [0.5, 0.6) is 0 Å². The molecule has 6 heteroatoms. The number of amides is 2. The molecule has 0 aromatic heterocycles. The fraction of sp³-hybridized carbons (Fsp3) is 0.333. The molecule has 0 aliphatic heterocycles. The van der Waals surface area contributed by atoms with Crippen molar-refractivity contribution in [2.24, 2.45) is 5.73 Å². The Kier molecular flexibility index (Phi) is 6.92. The van der Waals surface area contributed by atoms with Crippen LogP contribution < -0.4 is 11.1 Å². The number of hydrogen-bond acceptors (Lipinski definition) is 3. The predicted molar refractivity (Wildman–Crippen MR) is 75.7 cm³/mol. The van der Waals surface area contributed by atoms with Gasteiger partial charge in [-0.25, -0.2) is 4.39 Å². The lowest BCUT2D eigenvalue weighted by Gasteiger charge is -2.06. The second-order valence-corrected chi connectivity index (χ2v) is 4.29. The highest BCUT2D eigenvalue weighted by molar-refractivity contribution is 5.96. The van der Waals surface area contributed by atoms with Crippen LogP contribution in [-0.2, 0) is 4.79 Å². The molecular formula is C15H17FN2O3. The van der Waals surface area contributed by atoms with E-state index in [0.29, 0.717) is 13.0 Å². The van der Waals surface area contributed by atoms with Crippen LogP contribution in [0.3, 0.4) is 0 Å². The number of carbonyl (C=O) groups excluding carboxylic acids is 2. The van der Waals surface area contributed by atoms with Crippen LogP contribution in [0.15, 0.2) is 18.2 Å². The summed E-state index contributed by atoms with van der Waals surface area (Å²) in [5.41, 5.74) is 5.51. The molecule has 2 amide bonds. The monoisotopic (exact) mass is 292 g/mol. The van der Waals surface area contributed by atoms with E-state index in [1.165, 1.54) is 18.2 Å². The SMILES string of the molecule is NC(=O)CCCNC(=O)c1ccc(F)cc1C#CCCO. The number of nitrogens with one attached hydrogen (secondary N) is 1. The Hall–Kier alpha value is -2.39. The Morgan fingerprint density at radius 3 is 2.81 bits per heavy atom. The van der Waals surface area contributed by atoms with Gasteiger partial charge in [0.2, 0.25) is 5.91 Å². The Morgan fingerprint density at radius 1 is 1.38 bits per heavy atom. The highest BCUT2D eigenvalue weighted by Crippen LogP contribution is 2.10. The number of primary amides is 1. The molecule has 0 bridgehead atoms. The molecule has 5 nitrogen and oxygen atoms in total. The maximum Gasteiger partial charge on any atom is 0.252 e. The number of hydrogen-bond donors (Lipinski definition) is 3. The lowest BCUT2D eigenvalue weighted by molar-refractivity contribution is -0.118. The zero-order valence-electron chi connectivity index (χ0n) is 11.5. The summed E-state index contributed by atoms with van der Waals surface area (Å²) in [6.45, 7) is 0.194. The largest absolute Gasteiger partial charge is 0.395 e. The van der Waals surface area contributed by atoms with Crippen molar-refractivity contribution in [3.05, 3.63) is 35.1 Å². The molecule has 0 spiro atoms. The summed E-state index contributed by atoms with van der Waals surface area (Å²) in [6.07, 6.45) is 0.872. The van der Waals surface area contributed by atoms with E-state index < -0.39 is 17.6 Å². The second-order valence-electron chi connectivity index (χ2n) is 4.29. The Morgan fingerprint density at radius 2 is 2.14 bits per heavy atom. The van der Waals surface area contributed by atoms with Crippen molar-refractivity contribution in [3.8, 4) is 11.8 Å². The molecule has 21 heavy (non-hydrogen) atoms. The number of benzene rings is 1. The van der Waals surface area contributed by atoms with Crippen molar-refractivity contribution in [3.63, 3.8) is 0 Å².